The van der Waals surface area contributed by atoms with E-state index in [4.69, 9.17) is 9.47 Å². The molecule has 0 aliphatic heterocycles. The number of rotatable bonds is 5. The number of methoxy groups -OCH3 is 2. The predicted octanol–water partition coefficient (Wildman–Crippen LogP) is 4.24. The van der Waals surface area contributed by atoms with E-state index in [0.717, 1.165) is 29.3 Å². The summed E-state index contributed by atoms with van der Waals surface area (Å²) >= 11 is 0. The minimum absolute atomic E-state index is 0.760. The second-order valence-electron chi connectivity index (χ2n) is 5.31. The van der Waals surface area contributed by atoms with Crippen LogP contribution in [0.15, 0.2) is 30.3 Å². The Morgan fingerprint density at radius 3 is 2.24 bits per heavy atom. The van der Waals surface area contributed by atoms with Crippen molar-refractivity contribution in [1.82, 2.24) is 0 Å². The molecule has 3 heteroatoms. The van der Waals surface area contributed by atoms with Crippen LogP contribution in [0.25, 0.3) is 0 Å². The molecule has 0 aromatic heterocycles. The lowest BCUT2D eigenvalue weighted by atomic mass is 10.0. The Kier molecular flexibility index (Phi) is 4.73. The summed E-state index contributed by atoms with van der Waals surface area (Å²) in [5.41, 5.74) is 5.86. The third-order valence-corrected chi connectivity index (χ3v) is 3.68. The lowest BCUT2D eigenvalue weighted by Crippen LogP contribution is -2.04. The molecule has 0 heterocycles. The van der Waals surface area contributed by atoms with E-state index in [1.165, 1.54) is 16.7 Å². The molecule has 1 N–H and O–H groups in total. The molecule has 0 atom stereocenters. The van der Waals surface area contributed by atoms with Crippen molar-refractivity contribution >= 4 is 5.69 Å². The van der Waals surface area contributed by atoms with E-state index >= 15 is 0 Å². The lowest BCUT2D eigenvalue weighted by Gasteiger charge is -2.15. The molecular weight excluding hydrogens is 262 g/mol. The first-order chi connectivity index (χ1) is 10.0. The Bertz CT molecular complexity index is 635. The van der Waals surface area contributed by atoms with Gasteiger partial charge in [-0.15, -0.1) is 0 Å². The molecule has 112 valence electrons. The molecule has 3 nitrogen and oxygen atoms in total. The van der Waals surface area contributed by atoms with Gasteiger partial charge in [0.15, 0.2) is 0 Å². The summed E-state index contributed by atoms with van der Waals surface area (Å²) < 4.78 is 10.8. The fourth-order valence-electron chi connectivity index (χ4n) is 2.41. The first kappa shape index (κ1) is 15.2. The highest BCUT2D eigenvalue weighted by Gasteiger charge is 2.07. The van der Waals surface area contributed by atoms with Gasteiger partial charge in [0.1, 0.15) is 11.5 Å². The first-order valence-electron chi connectivity index (χ1n) is 7.07. The standard InChI is InChI=1S/C18H23NO2/c1-12-6-7-17(20-4)16(8-12)19-11-15-9-14(3)18(21-5)10-13(15)2/h6-10,19H,11H2,1-5H3. The largest absolute Gasteiger partial charge is 0.496 e. The predicted molar refractivity (Wildman–Crippen MR) is 87.5 cm³/mol. The maximum atomic E-state index is 5.40. The molecule has 21 heavy (non-hydrogen) atoms. The number of ether oxygens (including phenoxy) is 2. The molecule has 2 aromatic carbocycles. The summed E-state index contributed by atoms with van der Waals surface area (Å²) in [6, 6.07) is 10.4. The number of nitrogens with one attached hydrogen (secondary N) is 1. The zero-order valence-corrected chi connectivity index (χ0v) is 13.4. The normalized spacial score (nSPS) is 10.3. The third kappa shape index (κ3) is 3.48. The molecule has 0 amide bonds. The van der Waals surface area contributed by atoms with E-state index in [0.29, 0.717) is 0 Å². The van der Waals surface area contributed by atoms with Crippen molar-refractivity contribution < 1.29 is 9.47 Å². The molecule has 0 unspecified atom stereocenters. The zero-order valence-electron chi connectivity index (χ0n) is 13.4. The van der Waals surface area contributed by atoms with Crippen molar-refractivity contribution in [3.05, 3.63) is 52.6 Å². The fraction of sp³-hybridized carbons (Fsp3) is 0.333. The van der Waals surface area contributed by atoms with Crippen molar-refractivity contribution in [2.75, 3.05) is 19.5 Å². The maximum absolute atomic E-state index is 5.40. The number of hydrogen-bond donors (Lipinski definition) is 1. The van der Waals surface area contributed by atoms with Crippen LogP contribution >= 0.6 is 0 Å². The Hall–Kier alpha value is -2.16. The molecular formula is C18H23NO2. The van der Waals surface area contributed by atoms with Gasteiger partial charge in [0.05, 0.1) is 19.9 Å². The van der Waals surface area contributed by atoms with Crippen LogP contribution in [-0.4, -0.2) is 14.2 Å². The highest BCUT2D eigenvalue weighted by atomic mass is 16.5. The van der Waals surface area contributed by atoms with Gasteiger partial charge in [-0.2, -0.15) is 0 Å². The quantitative estimate of drug-likeness (QED) is 0.891. The van der Waals surface area contributed by atoms with Gasteiger partial charge in [-0.25, -0.2) is 0 Å². The minimum Gasteiger partial charge on any atom is -0.496 e. The molecule has 2 rings (SSSR count). The third-order valence-electron chi connectivity index (χ3n) is 3.68. The molecule has 0 bridgehead atoms. The maximum Gasteiger partial charge on any atom is 0.141 e. The van der Waals surface area contributed by atoms with Crippen molar-refractivity contribution in [2.45, 2.75) is 27.3 Å². The van der Waals surface area contributed by atoms with Crippen molar-refractivity contribution in [3.8, 4) is 11.5 Å². The Morgan fingerprint density at radius 2 is 1.57 bits per heavy atom. The summed E-state index contributed by atoms with van der Waals surface area (Å²) in [4.78, 5) is 0. The molecule has 2 aromatic rings. The van der Waals surface area contributed by atoms with Crippen LogP contribution in [-0.2, 0) is 6.54 Å². The van der Waals surface area contributed by atoms with Crippen LogP contribution < -0.4 is 14.8 Å². The summed E-state index contributed by atoms with van der Waals surface area (Å²) in [6.07, 6.45) is 0. The second kappa shape index (κ2) is 6.53. The summed E-state index contributed by atoms with van der Waals surface area (Å²) in [7, 11) is 3.40. The lowest BCUT2D eigenvalue weighted by molar-refractivity contribution is 0.411. The number of anilines is 1. The van der Waals surface area contributed by atoms with Gasteiger partial charge < -0.3 is 14.8 Å². The fourth-order valence-corrected chi connectivity index (χ4v) is 2.41. The summed E-state index contributed by atoms with van der Waals surface area (Å²) in [5, 5.41) is 3.46. The van der Waals surface area contributed by atoms with Gasteiger partial charge in [-0.05, 0) is 61.2 Å². The topological polar surface area (TPSA) is 30.5 Å². The summed E-state index contributed by atoms with van der Waals surface area (Å²) in [5.74, 6) is 1.80. The first-order valence-corrected chi connectivity index (χ1v) is 7.07. The monoisotopic (exact) mass is 285 g/mol. The van der Waals surface area contributed by atoms with Gasteiger partial charge in [0, 0.05) is 6.54 Å². The van der Waals surface area contributed by atoms with E-state index in [9.17, 15) is 0 Å². The van der Waals surface area contributed by atoms with Crippen molar-refractivity contribution in [2.24, 2.45) is 0 Å². The molecule has 0 saturated heterocycles. The van der Waals surface area contributed by atoms with Crippen LogP contribution in [0.2, 0.25) is 0 Å². The average molecular weight is 285 g/mol. The van der Waals surface area contributed by atoms with E-state index < -0.39 is 0 Å². The Labute approximate surface area is 126 Å². The molecule has 0 fully saturated rings. The van der Waals surface area contributed by atoms with Gasteiger partial charge in [0.2, 0.25) is 0 Å². The van der Waals surface area contributed by atoms with Crippen molar-refractivity contribution in [1.29, 1.82) is 0 Å². The molecule has 0 aliphatic carbocycles. The highest BCUT2D eigenvalue weighted by Crippen LogP contribution is 2.27. The SMILES string of the molecule is COc1cc(C)c(CNc2cc(C)ccc2OC)cc1C. The average Bonchev–Trinajstić information content (AvgIpc) is 2.47. The molecule has 0 radical (unpaired) electrons. The van der Waals surface area contributed by atoms with Gasteiger partial charge in [-0.1, -0.05) is 12.1 Å². The van der Waals surface area contributed by atoms with Crippen LogP contribution in [0.1, 0.15) is 22.3 Å². The highest BCUT2D eigenvalue weighted by molar-refractivity contribution is 5.58. The van der Waals surface area contributed by atoms with Crippen molar-refractivity contribution in [3.63, 3.8) is 0 Å². The molecule has 0 aliphatic rings. The summed E-state index contributed by atoms with van der Waals surface area (Å²) in [6.45, 7) is 7.01. The number of aryl methyl sites for hydroxylation is 3. The van der Waals surface area contributed by atoms with Crippen LogP contribution in [0, 0.1) is 20.8 Å². The van der Waals surface area contributed by atoms with E-state index in [2.05, 4.69) is 44.3 Å². The van der Waals surface area contributed by atoms with Crippen LogP contribution in [0.4, 0.5) is 5.69 Å². The van der Waals surface area contributed by atoms with E-state index in [-0.39, 0.29) is 0 Å². The van der Waals surface area contributed by atoms with E-state index in [1.807, 2.05) is 12.1 Å². The number of hydrogen-bond acceptors (Lipinski definition) is 3. The van der Waals surface area contributed by atoms with Crippen LogP contribution in [0.5, 0.6) is 11.5 Å². The smallest absolute Gasteiger partial charge is 0.141 e. The van der Waals surface area contributed by atoms with Gasteiger partial charge in [0.25, 0.3) is 0 Å². The second-order valence-corrected chi connectivity index (χ2v) is 5.31. The minimum atomic E-state index is 0.760. The Morgan fingerprint density at radius 1 is 0.857 bits per heavy atom. The zero-order chi connectivity index (χ0) is 15.4. The van der Waals surface area contributed by atoms with Gasteiger partial charge >= 0.3 is 0 Å². The molecule has 0 saturated carbocycles. The number of benzene rings is 2. The van der Waals surface area contributed by atoms with Gasteiger partial charge in [-0.3, -0.25) is 0 Å². The molecule has 0 spiro atoms. The van der Waals surface area contributed by atoms with E-state index in [1.54, 1.807) is 14.2 Å². The van der Waals surface area contributed by atoms with Crippen LogP contribution in [0.3, 0.4) is 0 Å². The Balaban J connectivity index is 2.20.